The van der Waals surface area contributed by atoms with Crippen molar-refractivity contribution < 1.29 is 9.59 Å². The molecule has 4 saturated carbocycles. The van der Waals surface area contributed by atoms with Gasteiger partial charge in [0.25, 0.3) is 0 Å². The van der Waals surface area contributed by atoms with Gasteiger partial charge >= 0.3 is 0 Å². The number of rotatable bonds is 20. The highest BCUT2D eigenvalue weighted by molar-refractivity contribution is 5.78. The van der Waals surface area contributed by atoms with Crippen LogP contribution in [-0.4, -0.2) is 11.6 Å². The molecule has 2 nitrogen and oxygen atoms in total. The molecule has 0 atom stereocenters. The van der Waals surface area contributed by atoms with Crippen LogP contribution in [0.15, 0.2) is 0 Å². The Bertz CT molecular complexity index is 557. The molecule has 4 bridgehead atoms. The summed E-state index contributed by atoms with van der Waals surface area (Å²) < 4.78 is 0. The van der Waals surface area contributed by atoms with Crippen LogP contribution in [0.25, 0.3) is 0 Å². The Balaban J connectivity index is 1.34. The van der Waals surface area contributed by atoms with Crippen molar-refractivity contribution >= 4 is 11.6 Å². The summed E-state index contributed by atoms with van der Waals surface area (Å²) >= 11 is 0. The first-order valence-electron chi connectivity index (χ1n) is 15.5. The molecule has 196 valence electrons. The summed E-state index contributed by atoms with van der Waals surface area (Å²) in [4.78, 5) is 24.1. The van der Waals surface area contributed by atoms with Crippen molar-refractivity contribution in [3.05, 3.63) is 0 Å². The lowest BCUT2D eigenvalue weighted by atomic mass is 9.42. The van der Waals surface area contributed by atoms with E-state index >= 15 is 0 Å². The van der Waals surface area contributed by atoms with Crippen molar-refractivity contribution in [1.29, 1.82) is 0 Å². The number of carbonyl (C=O) groups is 2. The highest BCUT2D eigenvalue weighted by atomic mass is 16.1. The van der Waals surface area contributed by atoms with Gasteiger partial charge in [-0.3, -0.25) is 9.59 Å². The molecule has 0 aromatic carbocycles. The molecule has 0 aliphatic heterocycles. The first-order chi connectivity index (χ1) is 16.5. The summed E-state index contributed by atoms with van der Waals surface area (Å²) in [6, 6.07) is 0. The number of hydrogen-bond donors (Lipinski definition) is 0. The first-order valence-corrected chi connectivity index (χ1v) is 15.5. The zero-order valence-corrected chi connectivity index (χ0v) is 22.9. The lowest BCUT2D eigenvalue weighted by Crippen LogP contribution is -2.51. The molecule has 0 unspecified atom stereocenters. The van der Waals surface area contributed by atoms with Crippen LogP contribution in [0.1, 0.15) is 168 Å². The molecule has 4 rings (SSSR count). The Morgan fingerprint density at radius 1 is 0.559 bits per heavy atom. The van der Waals surface area contributed by atoms with Gasteiger partial charge in [-0.05, 0) is 99.7 Å². The molecule has 34 heavy (non-hydrogen) atoms. The second-order valence-corrected chi connectivity index (χ2v) is 13.1. The first kappa shape index (κ1) is 27.9. The molecule has 0 saturated heterocycles. The molecular formula is C32H56O2. The van der Waals surface area contributed by atoms with Crippen LogP contribution < -0.4 is 0 Å². The van der Waals surface area contributed by atoms with Crippen LogP contribution in [0.3, 0.4) is 0 Å². The average molecular weight is 473 g/mol. The van der Waals surface area contributed by atoms with Crippen LogP contribution in [0.4, 0.5) is 0 Å². The molecule has 4 fully saturated rings. The fraction of sp³-hybridized carbons (Fsp3) is 0.938. The number of carbonyl (C=O) groups excluding carboxylic acids is 2. The van der Waals surface area contributed by atoms with E-state index in [1.165, 1.54) is 103 Å². The second-order valence-electron chi connectivity index (χ2n) is 13.1. The molecule has 0 amide bonds. The molecule has 0 radical (unpaired) electrons. The topological polar surface area (TPSA) is 34.1 Å². The lowest BCUT2D eigenvalue weighted by molar-refractivity contribution is -0.120. The zero-order valence-electron chi connectivity index (χ0n) is 22.9. The van der Waals surface area contributed by atoms with Crippen LogP contribution in [-0.2, 0) is 9.59 Å². The summed E-state index contributed by atoms with van der Waals surface area (Å²) in [5, 5.41) is 0. The smallest absolute Gasteiger partial charge is 0.132 e. The summed E-state index contributed by atoms with van der Waals surface area (Å²) in [6.45, 7) is 4.41. The monoisotopic (exact) mass is 472 g/mol. The molecule has 4 aliphatic rings. The van der Waals surface area contributed by atoms with E-state index in [0.717, 1.165) is 63.2 Å². The van der Waals surface area contributed by atoms with Crippen LogP contribution >= 0.6 is 0 Å². The third-order valence-corrected chi connectivity index (χ3v) is 9.75. The van der Waals surface area contributed by atoms with Crippen molar-refractivity contribution in [3.8, 4) is 0 Å². The Hall–Kier alpha value is -0.660. The average Bonchev–Trinajstić information content (AvgIpc) is 2.78. The van der Waals surface area contributed by atoms with Gasteiger partial charge in [-0.15, -0.1) is 0 Å². The summed E-state index contributed by atoms with van der Waals surface area (Å²) in [7, 11) is 0. The van der Waals surface area contributed by atoms with Gasteiger partial charge in [0.2, 0.25) is 0 Å². The summed E-state index contributed by atoms with van der Waals surface area (Å²) in [6.07, 6.45) is 29.7. The number of unbranched alkanes of at least 4 members (excludes halogenated alkanes) is 8. The minimum absolute atomic E-state index is 0.505. The lowest BCUT2D eigenvalue weighted by Gasteiger charge is -2.63. The van der Waals surface area contributed by atoms with E-state index in [1.807, 2.05) is 0 Å². The van der Waals surface area contributed by atoms with E-state index in [0.29, 0.717) is 22.4 Å². The van der Waals surface area contributed by atoms with Crippen LogP contribution in [0.2, 0.25) is 0 Å². The Morgan fingerprint density at radius 3 is 1.32 bits per heavy atom. The highest BCUT2D eigenvalue weighted by Gasteiger charge is 2.56. The van der Waals surface area contributed by atoms with Crippen molar-refractivity contribution in [3.63, 3.8) is 0 Å². The molecule has 4 aliphatic carbocycles. The molecule has 0 aromatic rings. The van der Waals surface area contributed by atoms with Crippen molar-refractivity contribution in [2.75, 3.05) is 0 Å². The maximum absolute atomic E-state index is 12.1. The van der Waals surface area contributed by atoms with Gasteiger partial charge in [0.15, 0.2) is 0 Å². The Kier molecular flexibility index (Phi) is 11.6. The third kappa shape index (κ3) is 8.77. The van der Waals surface area contributed by atoms with Gasteiger partial charge in [0, 0.05) is 25.7 Å². The normalized spacial score (nSPS) is 29.6. The predicted molar refractivity (Wildman–Crippen MR) is 144 cm³/mol. The van der Waals surface area contributed by atoms with Gasteiger partial charge < -0.3 is 0 Å². The maximum Gasteiger partial charge on any atom is 0.132 e. The van der Waals surface area contributed by atoms with E-state index in [9.17, 15) is 9.59 Å². The van der Waals surface area contributed by atoms with Gasteiger partial charge in [0.05, 0.1) is 0 Å². The predicted octanol–water partition coefficient (Wildman–Crippen LogP) is 9.77. The van der Waals surface area contributed by atoms with Crippen molar-refractivity contribution in [2.24, 2.45) is 22.7 Å². The Morgan fingerprint density at radius 2 is 0.941 bits per heavy atom. The second kappa shape index (κ2) is 14.2. The van der Waals surface area contributed by atoms with Crippen molar-refractivity contribution in [2.45, 2.75) is 168 Å². The summed E-state index contributed by atoms with van der Waals surface area (Å²) in [5.41, 5.74) is 1.29. The van der Waals surface area contributed by atoms with E-state index in [1.54, 1.807) is 0 Å². The fourth-order valence-electron chi connectivity index (χ4n) is 8.63. The van der Waals surface area contributed by atoms with E-state index in [4.69, 9.17) is 0 Å². The summed E-state index contributed by atoms with van der Waals surface area (Å²) in [5.74, 6) is 3.01. The molecule has 0 N–H and O–H groups in total. The van der Waals surface area contributed by atoms with Gasteiger partial charge in [-0.1, -0.05) is 65.2 Å². The highest BCUT2D eigenvalue weighted by Crippen LogP contribution is 2.68. The Labute approximate surface area is 211 Å². The van der Waals surface area contributed by atoms with Gasteiger partial charge in [-0.2, -0.15) is 0 Å². The quantitative estimate of drug-likeness (QED) is 0.165. The SMILES string of the molecule is CCCCCC(=O)CCCCCC12CC3CC(C1)CC(CCCCCC(=O)CCCCC)(C3)C2. The van der Waals surface area contributed by atoms with Crippen LogP contribution in [0, 0.1) is 22.7 Å². The molecule has 0 aromatic heterocycles. The third-order valence-electron chi connectivity index (χ3n) is 9.75. The molecular weight excluding hydrogens is 416 g/mol. The maximum atomic E-state index is 12.1. The molecule has 0 heterocycles. The minimum atomic E-state index is 0.505. The zero-order chi connectivity index (χ0) is 24.3. The number of ketones is 2. The largest absolute Gasteiger partial charge is 0.300 e. The molecule has 2 heteroatoms. The standard InChI is InChI=1S/C32H56O2/c1-3-5-9-15-29(33)17-11-7-13-19-31-22-27-21-28(23-31)25-32(24-27,26-31)20-14-8-12-18-30(34)16-10-6-4-2/h27-28H,3-26H2,1-2H3. The van der Waals surface area contributed by atoms with Crippen molar-refractivity contribution in [1.82, 2.24) is 0 Å². The van der Waals surface area contributed by atoms with Gasteiger partial charge in [0.1, 0.15) is 11.6 Å². The number of hydrogen-bond acceptors (Lipinski definition) is 2. The van der Waals surface area contributed by atoms with Gasteiger partial charge in [-0.25, -0.2) is 0 Å². The minimum Gasteiger partial charge on any atom is -0.300 e. The number of Topliss-reactive ketones (excluding diaryl/α,β-unsaturated/α-hetero) is 2. The van der Waals surface area contributed by atoms with E-state index in [-0.39, 0.29) is 0 Å². The van der Waals surface area contributed by atoms with Crippen LogP contribution in [0.5, 0.6) is 0 Å². The fourth-order valence-corrected chi connectivity index (χ4v) is 8.63. The van der Waals surface area contributed by atoms with E-state index < -0.39 is 0 Å². The molecule has 0 spiro atoms. The van der Waals surface area contributed by atoms with E-state index in [2.05, 4.69) is 13.8 Å².